The molecule has 1 fully saturated rings. The molecular weight excluding hydrogens is 210 g/mol. The normalized spacial score (nSPS) is 25.9. The third-order valence-corrected chi connectivity index (χ3v) is 3.84. The number of hydrogen-bond donors (Lipinski definition) is 1. The first-order chi connectivity index (χ1) is 8.28. The van der Waals surface area contributed by atoms with Gasteiger partial charge in [0.25, 0.3) is 0 Å². The quantitative estimate of drug-likeness (QED) is 0.804. The highest BCUT2D eigenvalue weighted by molar-refractivity contribution is 5.77. The van der Waals surface area contributed by atoms with Gasteiger partial charge in [-0.15, -0.1) is 0 Å². The Labute approximate surface area is 102 Å². The lowest BCUT2D eigenvalue weighted by Crippen LogP contribution is -2.38. The SMILES string of the molecule is CC1(c2cc3ccccc3o2)CCCCCN1. The maximum Gasteiger partial charge on any atom is 0.134 e. The first-order valence-electron chi connectivity index (χ1n) is 6.52. The second kappa shape index (κ2) is 4.19. The van der Waals surface area contributed by atoms with Crippen LogP contribution in [-0.4, -0.2) is 6.54 Å². The van der Waals surface area contributed by atoms with Crippen molar-refractivity contribution in [3.8, 4) is 0 Å². The molecule has 90 valence electrons. The second-order valence-electron chi connectivity index (χ2n) is 5.22. The Hall–Kier alpha value is -1.28. The molecule has 0 aliphatic carbocycles. The van der Waals surface area contributed by atoms with Crippen molar-refractivity contribution < 1.29 is 4.42 Å². The lowest BCUT2D eigenvalue weighted by atomic mass is 9.93. The number of fused-ring (bicyclic) bond motifs is 1. The van der Waals surface area contributed by atoms with Gasteiger partial charge >= 0.3 is 0 Å². The van der Waals surface area contributed by atoms with Crippen LogP contribution in [0.4, 0.5) is 0 Å². The summed E-state index contributed by atoms with van der Waals surface area (Å²) in [6.45, 7) is 3.35. The van der Waals surface area contributed by atoms with Crippen LogP contribution in [0.5, 0.6) is 0 Å². The van der Waals surface area contributed by atoms with Gasteiger partial charge in [0.2, 0.25) is 0 Å². The van der Waals surface area contributed by atoms with Gasteiger partial charge in [-0.1, -0.05) is 31.0 Å². The molecule has 0 bridgehead atoms. The molecule has 2 nitrogen and oxygen atoms in total. The summed E-state index contributed by atoms with van der Waals surface area (Å²) in [7, 11) is 0. The molecule has 1 atom stereocenters. The van der Waals surface area contributed by atoms with E-state index in [2.05, 4.69) is 30.4 Å². The van der Waals surface area contributed by atoms with Crippen molar-refractivity contribution >= 4 is 11.0 Å². The smallest absolute Gasteiger partial charge is 0.134 e. The third-order valence-electron chi connectivity index (χ3n) is 3.84. The first-order valence-corrected chi connectivity index (χ1v) is 6.52. The summed E-state index contributed by atoms with van der Waals surface area (Å²) in [6.07, 6.45) is 5.03. The molecule has 1 unspecified atom stereocenters. The Morgan fingerprint density at radius 2 is 2.06 bits per heavy atom. The lowest BCUT2D eigenvalue weighted by Gasteiger charge is -2.26. The fourth-order valence-electron chi connectivity index (χ4n) is 2.70. The summed E-state index contributed by atoms with van der Waals surface area (Å²) in [6, 6.07) is 10.4. The molecule has 1 aliphatic heterocycles. The van der Waals surface area contributed by atoms with Crippen LogP contribution in [0.15, 0.2) is 34.7 Å². The molecule has 3 rings (SSSR count). The highest BCUT2D eigenvalue weighted by Gasteiger charge is 2.30. The average Bonchev–Trinajstić information content (AvgIpc) is 2.66. The molecule has 1 aromatic heterocycles. The highest BCUT2D eigenvalue weighted by atomic mass is 16.3. The van der Waals surface area contributed by atoms with E-state index in [0.717, 1.165) is 24.3 Å². The van der Waals surface area contributed by atoms with E-state index < -0.39 is 0 Å². The predicted molar refractivity (Wildman–Crippen MR) is 70.0 cm³/mol. The summed E-state index contributed by atoms with van der Waals surface area (Å²) >= 11 is 0. The zero-order valence-corrected chi connectivity index (χ0v) is 10.3. The zero-order chi connectivity index (χ0) is 11.7. The molecule has 1 aliphatic rings. The fourth-order valence-corrected chi connectivity index (χ4v) is 2.70. The van der Waals surface area contributed by atoms with Crippen LogP contribution in [0.1, 0.15) is 38.4 Å². The Kier molecular flexibility index (Phi) is 2.67. The van der Waals surface area contributed by atoms with Gasteiger partial charge in [0, 0.05) is 5.39 Å². The summed E-state index contributed by atoms with van der Waals surface area (Å²) < 4.78 is 6.00. The zero-order valence-electron chi connectivity index (χ0n) is 10.3. The van der Waals surface area contributed by atoms with Crippen molar-refractivity contribution in [1.82, 2.24) is 5.32 Å². The van der Waals surface area contributed by atoms with Crippen LogP contribution in [0, 0.1) is 0 Å². The van der Waals surface area contributed by atoms with Crippen LogP contribution < -0.4 is 5.32 Å². The Morgan fingerprint density at radius 3 is 2.94 bits per heavy atom. The maximum atomic E-state index is 6.00. The molecule has 1 N–H and O–H groups in total. The van der Waals surface area contributed by atoms with Gasteiger partial charge in [0.05, 0.1) is 5.54 Å². The van der Waals surface area contributed by atoms with E-state index in [1.165, 1.54) is 24.6 Å². The largest absolute Gasteiger partial charge is 0.459 e. The molecule has 0 saturated carbocycles. The van der Waals surface area contributed by atoms with Crippen molar-refractivity contribution in [2.45, 2.75) is 38.1 Å². The molecule has 0 spiro atoms. The minimum atomic E-state index is 0.00944. The molecule has 2 heteroatoms. The summed E-state index contributed by atoms with van der Waals surface area (Å²) in [4.78, 5) is 0. The number of furan rings is 1. The van der Waals surface area contributed by atoms with E-state index in [1.54, 1.807) is 0 Å². The first kappa shape index (κ1) is 10.8. The highest BCUT2D eigenvalue weighted by Crippen LogP contribution is 2.33. The van der Waals surface area contributed by atoms with E-state index in [4.69, 9.17) is 4.42 Å². The van der Waals surface area contributed by atoms with E-state index >= 15 is 0 Å². The Bertz CT molecular complexity index is 473. The summed E-state index contributed by atoms with van der Waals surface area (Å²) in [5.74, 6) is 1.08. The minimum absolute atomic E-state index is 0.00944. The Morgan fingerprint density at radius 1 is 1.18 bits per heavy atom. The predicted octanol–water partition coefficient (Wildman–Crippen LogP) is 3.81. The van der Waals surface area contributed by atoms with Crippen molar-refractivity contribution in [1.29, 1.82) is 0 Å². The van der Waals surface area contributed by atoms with Gasteiger partial charge in [-0.25, -0.2) is 0 Å². The number of hydrogen-bond acceptors (Lipinski definition) is 2. The van der Waals surface area contributed by atoms with Crippen molar-refractivity contribution in [3.05, 3.63) is 36.1 Å². The van der Waals surface area contributed by atoms with Crippen molar-refractivity contribution in [2.24, 2.45) is 0 Å². The van der Waals surface area contributed by atoms with E-state index in [-0.39, 0.29) is 5.54 Å². The standard InChI is InChI=1S/C15H19NO/c1-15(9-5-2-6-10-16-15)14-11-12-7-3-4-8-13(12)17-14/h3-4,7-8,11,16H,2,5-6,9-10H2,1H3. The van der Waals surface area contributed by atoms with Crippen LogP contribution >= 0.6 is 0 Å². The van der Waals surface area contributed by atoms with Gasteiger partial charge in [-0.05, 0) is 38.4 Å². The van der Waals surface area contributed by atoms with Gasteiger partial charge in [0.15, 0.2) is 0 Å². The van der Waals surface area contributed by atoms with Gasteiger partial charge in [-0.3, -0.25) is 0 Å². The van der Waals surface area contributed by atoms with Crippen molar-refractivity contribution in [3.63, 3.8) is 0 Å². The topological polar surface area (TPSA) is 25.2 Å². The molecule has 1 aromatic carbocycles. The Balaban J connectivity index is 2.01. The van der Waals surface area contributed by atoms with Gasteiger partial charge < -0.3 is 9.73 Å². The minimum Gasteiger partial charge on any atom is -0.459 e. The van der Waals surface area contributed by atoms with Gasteiger partial charge in [0.1, 0.15) is 11.3 Å². The monoisotopic (exact) mass is 229 g/mol. The van der Waals surface area contributed by atoms with Crippen LogP contribution in [0.2, 0.25) is 0 Å². The van der Waals surface area contributed by atoms with Crippen molar-refractivity contribution in [2.75, 3.05) is 6.54 Å². The van der Waals surface area contributed by atoms with E-state index in [9.17, 15) is 0 Å². The number of rotatable bonds is 1. The summed E-state index contributed by atoms with van der Waals surface area (Å²) in [5, 5.41) is 4.84. The maximum absolute atomic E-state index is 6.00. The molecule has 0 radical (unpaired) electrons. The molecule has 2 aromatic rings. The van der Waals surface area contributed by atoms with Crippen LogP contribution in [0.3, 0.4) is 0 Å². The number of benzene rings is 1. The van der Waals surface area contributed by atoms with E-state index in [1.807, 2.05) is 12.1 Å². The molecule has 1 saturated heterocycles. The average molecular weight is 229 g/mol. The van der Waals surface area contributed by atoms with Crippen LogP contribution in [-0.2, 0) is 5.54 Å². The third kappa shape index (κ3) is 1.98. The van der Waals surface area contributed by atoms with E-state index in [0.29, 0.717) is 0 Å². The molecular formula is C15H19NO. The number of nitrogens with one attached hydrogen (secondary N) is 1. The molecule has 2 heterocycles. The fraction of sp³-hybridized carbons (Fsp3) is 0.467. The van der Waals surface area contributed by atoms with Gasteiger partial charge in [-0.2, -0.15) is 0 Å². The summed E-state index contributed by atoms with van der Waals surface area (Å²) in [5.41, 5.74) is 1.00. The second-order valence-corrected chi connectivity index (χ2v) is 5.22. The molecule has 0 amide bonds. The number of para-hydroxylation sites is 1. The molecule has 17 heavy (non-hydrogen) atoms. The van der Waals surface area contributed by atoms with Crippen LogP contribution in [0.25, 0.3) is 11.0 Å². The lowest BCUT2D eigenvalue weighted by molar-refractivity contribution is 0.296.